The van der Waals surface area contributed by atoms with Crippen molar-refractivity contribution in [1.82, 2.24) is 0 Å². The molecule has 0 spiro atoms. The Kier molecular flexibility index (Phi) is 4.85. The van der Waals surface area contributed by atoms with Crippen LogP contribution in [0.2, 0.25) is 0 Å². The van der Waals surface area contributed by atoms with Crippen LogP contribution in [0.15, 0.2) is 48.5 Å². The lowest BCUT2D eigenvalue weighted by atomic mass is 10.2. The van der Waals surface area contributed by atoms with Crippen molar-refractivity contribution >= 4 is 17.2 Å². The number of carbonyl (C=O) groups is 1. The largest absolute Gasteiger partial charge is 0.399 e. The summed E-state index contributed by atoms with van der Waals surface area (Å²) >= 11 is 0. The highest BCUT2D eigenvalue weighted by atomic mass is 16.1. The predicted molar refractivity (Wildman–Crippen MR) is 90.4 cm³/mol. The Labute approximate surface area is 130 Å². The summed E-state index contributed by atoms with van der Waals surface area (Å²) < 4.78 is 0. The lowest BCUT2D eigenvalue weighted by molar-refractivity contribution is -0.108. The van der Waals surface area contributed by atoms with Crippen LogP contribution in [0.5, 0.6) is 0 Å². The molecule has 0 saturated heterocycles. The number of benzene rings is 2. The average Bonchev–Trinajstić information content (AvgIpc) is 2.52. The van der Waals surface area contributed by atoms with Crippen LogP contribution in [0, 0.1) is 23.7 Å². The smallest absolute Gasteiger partial charge is 0.279 e. The van der Waals surface area contributed by atoms with Crippen molar-refractivity contribution in [2.75, 3.05) is 24.7 Å². The minimum Gasteiger partial charge on any atom is -0.399 e. The average molecular weight is 288 g/mol. The highest BCUT2D eigenvalue weighted by Crippen LogP contribution is 2.11. The van der Waals surface area contributed by atoms with E-state index in [1.54, 1.807) is 24.3 Å². The fraction of sp³-hybridized carbons (Fsp3) is 0.105. The molecule has 0 aliphatic carbocycles. The molecule has 0 amide bonds. The Hall–Kier alpha value is -3.17. The van der Waals surface area contributed by atoms with Crippen LogP contribution >= 0.6 is 0 Å². The molecule has 0 fully saturated rings. The lowest BCUT2D eigenvalue weighted by Crippen LogP contribution is -2.07. The van der Waals surface area contributed by atoms with Crippen LogP contribution < -0.4 is 10.6 Å². The van der Waals surface area contributed by atoms with Gasteiger partial charge in [-0.15, -0.1) is 0 Å². The standard InChI is InChI=1S/C19H16N2O/c1-21(2)18-11-5-16(6-12-18)8-14-19(22)13-7-15-3-9-17(20)10-4-15/h3-6,9-12H,20H2,1-2H3. The van der Waals surface area contributed by atoms with Gasteiger partial charge in [0.2, 0.25) is 0 Å². The van der Waals surface area contributed by atoms with Crippen LogP contribution in [0.1, 0.15) is 11.1 Å². The summed E-state index contributed by atoms with van der Waals surface area (Å²) in [7, 11) is 3.94. The van der Waals surface area contributed by atoms with Gasteiger partial charge in [0.05, 0.1) is 0 Å². The van der Waals surface area contributed by atoms with Crippen LogP contribution in [0.25, 0.3) is 0 Å². The first kappa shape index (κ1) is 15.2. The minimum atomic E-state index is -0.409. The van der Waals surface area contributed by atoms with Crippen molar-refractivity contribution in [1.29, 1.82) is 0 Å². The summed E-state index contributed by atoms with van der Waals surface area (Å²) in [6, 6.07) is 14.7. The molecule has 0 atom stereocenters. The third-order valence-electron chi connectivity index (χ3n) is 2.94. The zero-order valence-electron chi connectivity index (χ0n) is 12.6. The molecule has 0 aliphatic rings. The summed E-state index contributed by atoms with van der Waals surface area (Å²) in [6.07, 6.45) is 0. The molecule has 0 aliphatic heterocycles. The maximum atomic E-state index is 11.7. The number of rotatable bonds is 1. The Morgan fingerprint density at radius 1 is 0.864 bits per heavy atom. The summed E-state index contributed by atoms with van der Waals surface area (Å²) in [5.41, 5.74) is 8.85. The van der Waals surface area contributed by atoms with E-state index < -0.39 is 5.78 Å². The van der Waals surface area contributed by atoms with Crippen molar-refractivity contribution in [3.05, 3.63) is 59.7 Å². The van der Waals surface area contributed by atoms with Crippen molar-refractivity contribution < 1.29 is 4.79 Å². The molecule has 2 N–H and O–H groups in total. The predicted octanol–water partition coefficient (Wildman–Crippen LogP) is 2.31. The van der Waals surface area contributed by atoms with E-state index in [0.717, 1.165) is 16.8 Å². The highest BCUT2D eigenvalue weighted by Gasteiger charge is 1.94. The fourth-order valence-corrected chi connectivity index (χ4v) is 1.70. The SMILES string of the molecule is CN(C)c1ccc(C#CC(=O)C#Cc2ccc(N)cc2)cc1. The number of nitrogens with zero attached hydrogens (tertiary/aromatic N) is 1. The number of ketones is 1. The number of nitrogens with two attached hydrogens (primary N) is 1. The molecular formula is C19H16N2O. The molecule has 2 aromatic rings. The van der Waals surface area contributed by atoms with Gasteiger partial charge in [-0.2, -0.15) is 0 Å². The minimum absolute atomic E-state index is 0.409. The molecule has 3 nitrogen and oxygen atoms in total. The number of anilines is 2. The van der Waals surface area contributed by atoms with E-state index in [1.807, 2.05) is 43.3 Å². The fourth-order valence-electron chi connectivity index (χ4n) is 1.70. The van der Waals surface area contributed by atoms with Gasteiger partial charge in [0.1, 0.15) is 0 Å². The molecule has 0 bridgehead atoms. The van der Waals surface area contributed by atoms with Crippen molar-refractivity contribution in [3.63, 3.8) is 0 Å². The second-order valence-electron chi connectivity index (χ2n) is 4.89. The number of nitrogen functional groups attached to an aromatic ring is 1. The van der Waals surface area contributed by atoms with E-state index in [1.165, 1.54) is 0 Å². The topological polar surface area (TPSA) is 46.3 Å². The maximum Gasteiger partial charge on any atom is 0.279 e. The lowest BCUT2D eigenvalue weighted by Gasteiger charge is -2.11. The van der Waals surface area contributed by atoms with Gasteiger partial charge < -0.3 is 10.6 Å². The Balaban J connectivity index is 2.05. The van der Waals surface area contributed by atoms with E-state index in [9.17, 15) is 4.79 Å². The highest BCUT2D eigenvalue weighted by molar-refractivity contribution is 6.09. The van der Waals surface area contributed by atoms with Crippen LogP contribution in [-0.2, 0) is 4.79 Å². The molecule has 0 unspecified atom stereocenters. The molecule has 2 rings (SSSR count). The van der Waals surface area contributed by atoms with Gasteiger partial charge in [-0.25, -0.2) is 0 Å². The first-order valence-corrected chi connectivity index (χ1v) is 6.75. The molecule has 2 aromatic carbocycles. The van der Waals surface area contributed by atoms with Gasteiger partial charge in [-0.3, -0.25) is 4.79 Å². The Morgan fingerprint density at radius 3 is 1.77 bits per heavy atom. The zero-order valence-corrected chi connectivity index (χ0v) is 12.6. The van der Waals surface area contributed by atoms with E-state index in [2.05, 4.69) is 23.7 Å². The Bertz CT molecular complexity index is 780. The molecule has 22 heavy (non-hydrogen) atoms. The summed E-state index contributed by atoms with van der Waals surface area (Å²) in [6.45, 7) is 0. The van der Waals surface area contributed by atoms with Crippen LogP contribution in [0.4, 0.5) is 11.4 Å². The number of hydrogen-bond acceptors (Lipinski definition) is 3. The summed E-state index contributed by atoms with van der Waals surface area (Å²) in [5, 5.41) is 0. The van der Waals surface area contributed by atoms with Gasteiger partial charge in [-0.05, 0) is 60.4 Å². The van der Waals surface area contributed by atoms with E-state index >= 15 is 0 Å². The molecule has 0 saturated carbocycles. The van der Waals surface area contributed by atoms with Gasteiger partial charge in [0.15, 0.2) is 0 Å². The van der Waals surface area contributed by atoms with Crippen LogP contribution in [-0.4, -0.2) is 19.9 Å². The molecule has 0 radical (unpaired) electrons. The second kappa shape index (κ2) is 7.02. The van der Waals surface area contributed by atoms with E-state index in [4.69, 9.17) is 5.73 Å². The maximum absolute atomic E-state index is 11.7. The quantitative estimate of drug-likeness (QED) is 0.647. The van der Waals surface area contributed by atoms with Gasteiger partial charge in [0.25, 0.3) is 5.78 Å². The summed E-state index contributed by atoms with van der Waals surface area (Å²) in [5.74, 6) is 10.2. The molecule has 0 aromatic heterocycles. The first-order chi connectivity index (χ1) is 10.5. The van der Waals surface area contributed by atoms with Crippen molar-refractivity contribution in [2.45, 2.75) is 0 Å². The molecule has 108 valence electrons. The zero-order chi connectivity index (χ0) is 15.9. The van der Waals surface area contributed by atoms with Gasteiger partial charge in [0, 0.05) is 36.6 Å². The molecular weight excluding hydrogens is 272 g/mol. The van der Waals surface area contributed by atoms with Crippen molar-refractivity contribution in [3.8, 4) is 23.7 Å². The summed E-state index contributed by atoms with van der Waals surface area (Å²) in [4.78, 5) is 13.7. The van der Waals surface area contributed by atoms with E-state index in [0.29, 0.717) is 5.69 Å². The van der Waals surface area contributed by atoms with Crippen LogP contribution in [0.3, 0.4) is 0 Å². The monoisotopic (exact) mass is 288 g/mol. The second-order valence-corrected chi connectivity index (χ2v) is 4.89. The molecule has 0 heterocycles. The van der Waals surface area contributed by atoms with E-state index in [-0.39, 0.29) is 0 Å². The first-order valence-electron chi connectivity index (χ1n) is 6.75. The third kappa shape index (κ3) is 4.44. The number of Topliss-reactive ketones (excluding diaryl/α,β-unsaturated/α-hetero) is 1. The van der Waals surface area contributed by atoms with Gasteiger partial charge in [-0.1, -0.05) is 11.8 Å². The number of carbonyl (C=O) groups excluding carboxylic acids is 1. The Morgan fingerprint density at radius 2 is 1.32 bits per heavy atom. The number of hydrogen-bond donors (Lipinski definition) is 1. The van der Waals surface area contributed by atoms with Gasteiger partial charge >= 0.3 is 0 Å². The van der Waals surface area contributed by atoms with Crippen molar-refractivity contribution in [2.24, 2.45) is 0 Å². The normalized spacial score (nSPS) is 9.00. The molecule has 3 heteroatoms. The third-order valence-corrected chi connectivity index (χ3v) is 2.94.